The van der Waals surface area contributed by atoms with E-state index in [0.717, 1.165) is 12.8 Å². The van der Waals surface area contributed by atoms with Gasteiger partial charge in [0.2, 0.25) is 5.91 Å². The molecule has 0 atom stereocenters. The molecule has 2 amide bonds. The Hall–Kier alpha value is -0.840. The Balaban J connectivity index is 0. The first kappa shape index (κ1) is 20.2. The number of amides is 2. The monoisotopic (exact) mass is 300 g/mol. The number of hydrogen-bond acceptors (Lipinski definition) is 2. The Labute approximate surface area is 150 Å². The zero-order valence-electron chi connectivity index (χ0n) is 14.2. The van der Waals surface area contributed by atoms with Crippen molar-refractivity contribution in [2.75, 3.05) is 6.54 Å². The molecule has 1 rings (SSSR count). The number of nitrogens with two attached hydrogens (primary N) is 1. The van der Waals surface area contributed by atoms with Crippen LogP contribution < -0.4 is 40.6 Å². The van der Waals surface area contributed by atoms with Gasteiger partial charge in [-0.1, -0.05) is 39.0 Å². The molecule has 0 heterocycles. The molecule has 0 aliphatic heterocycles. The van der Waals surface area contributed by atoms with Crippen molar-refractivity contribution in [1.29, 1.82) is 0 Å². The van der Waals surface area contributed by atoms with Gasteiger partial charge in [0, 0.05) is 17.7 Å². The Bertz CT molecular complexity index is 438. The van der Waals surface area contributed by atoms with Gasteiger partial charge in [0.05, 0.1) is 0 Å². The summed E-state index contributed by atoms with van der Waals surface area (Å²) in [6, 6.07) is 6.39. The molecule has 0 saturated heterocycles. The molecule has 0 unspecified atom stereocenters. The molecule has 1 aromatic carbocycles. The summed E-state index contributed by atoms with van der Waals surface area (Å²) < 4.78 is 0. The van der Waals surface area contributed by atoms with Crippen molar-refractivity contribution in [3.8, 4) is 0 Å². The molecule has 5 heteroatoms. The largest absolute Gasteiger partial charge is 1.00 e. The van der Waals surface area contributed by atoms with Crippen molar-refractivity contribution >= 4 is 11.8 Å². The van der Waals surface area contributed by atoms with Crippen molar-refractivity contribution in [2.24, 2.45) is 5.73 Å². The van der Waals surface area contributed by atoms with Crippen LogP contribution in [0.2, 0.25) is 0 Å². The second-order valence-electron chi connectivity index (χ2n) is 4.97. The quantitative estimate of drug-likeness (QED) is 0.497. The van der Waals surface area contributed by atoms with Crippen molar-refractivity contribution in [3.05, 3.63) is 35.4 Å². The summed E-state index contributed by atoms with van der Waals surface area (Å²) in [5, 5.41) is 2.88. The molecule has 112 valence electrons. The minimum absolute atomic E-state index is 0. The third-order valence-electron chi connectivity index (χ3n) is 3.25. The first-order valence-corrected chi connectivity index (χ1v) is 7.33. The van der Waals surface area contributed by atoms with Gasteiger partial charge in [-0.15, -0.1) is 0 Å². The van der Waals surface area contributed by atoms with E-state index in [0.29, 0.717) is 17.7 Å². The van der Waals surface area contributed by atoms with E-state index in [-0.39, 0.29) is 36.9 Å². The number of unbranched alkanes of at least 4 members (excludes halogenated alkanes) is 5. The zero-order chi connectivity index (χ0) is 14.8. The molecule has 21 heavy (non-hydrogen) atoms. The van der Waals surface area contributed by atoms with E-state index in [1.165, 1.54) is 25.7 Å². The van der Waals surface area contributed by atoms with Crippen LogP contribution in [0.25, 0.3) is 0 Å². The fourth-order valence-corrected chi connectivity index (χ4v) is 2.00. The molecule has 0 aromatic heterocycles. The summed E-state index contributed by atoms with van der Waals surface area (Å²) in [6.07, 6.45) is 7.21. The summed E-state index contributed by atoms with van der Waals surface area (Å²) in [5.41, 5.74) is 6.12. The summed E-state index contributed by atoms with van der Waals surface area (Å²) in [6.45, 7) is 2.90. The van der Waals surface area contributed by atoms with E-state index < -0.39 is 5.91 Å². The molecule has 0 spiro atoms. The normalized spacial score (nSPS) is 9.76. The van der Waals surface area contributed by atoms with Crippen LogP contribution in [-0.4, -0.2) is 18.4 Å². The average molecular weight is 300 g/mol. The SMILES string of the molecule is CCCCCCCCNC(=O)c1ccc(C(N)=O)cc1.[H-].[Na+]. The van der Waals surface area contributed by atoms with Crippen LogP contribution in [0.5, 0.6) is 0 Å². The van der Waals surface area contributed by atoms with Crippen LogP contribution in [0.3, 0.4) is 0 Å². The maximum atomic E-state index is 11.8. The zero-order valence-corrected chi connectivity index (χ0v) is 15.2. The number of nitrogens with one attached hydrogen (secondary N) is 1. The topological polar surface area (TPSA) is 72.2 Å². The van der Waals surface area contributed by atoms with Gasteiger partial charge in [-0.25, -0.2) is 0 Å². The van der Waals surface area contributed by atoms with Crippen molar-refractivity contribution in [2.45, 2.75) is 45.4 Å². The molecular weight excluding hydrogens is 275 g/mol. The van der Waals surface area contributed by atoms with Gasteiger partial charge in [0.1, 0.15) is 0 Å². The van der Waals surface area contributed by atoms with E-state index in [1.54, 1.807) is 24.3 Å². The van der Waals surface area contributed by atoms with E-state index in [9.17, 15) is 9.59 Å². The Morgan fingerprint density at radius 3 is 2.10 bits per heavy atom. The molecule has 0 aliphatic carbocycles. The first-order chi connectivity index (χ1) is 9.65. The van der Waals surface area contributed by atoms with Crippen molar-refractivity contribution in [1.82, 2.24) is 5.32 Å². The summed E-state index contributed by atoms with van der Waals surface area (Å²) in [5.74, 6) is -0.585. The van der Waals surface area contributed by atoms with Gasteiger partial charge in [-0.05, 0) is 30.7 Å². The molecule has 0 bridgehead atoms. The van der Waals surface area contributed by atoms with Crippen molar-refractivity contribution in [3.63, 3.8) is 0 Å². The Kier molecular flexibility index (Phi) is 11.3. The average Bonchev–Trinajstić information content (AvgIpc) is 2.46. The molecule has 3 N–H and O–H groups in total. The molecule has 0 saturated carbocycles. The van der Waals surface area contributed by atoms with E-state index in [4.69, 9.17) is 5.73 Å². The molecule has 0 aliphatic rings. The number of rotatable bonds is 9. The van der Waals surface area contributed by atoms with Crippen LogP contribution in [0.1, 0.15) is 67.6 Å². The van der Waals surface area contributed by atoms with Gasteiger partial charge in [-0.3, -0.25) is 9.59 Å². The number of carbonyl (C=O) groups excluding carboxylic acids is 2. The summed E-state index contributed by atoms with van der Waals surface area (Å²) in [7, 11) is 0. The van der Waals surface area contributed by atoms with E-state index >= 15 is 0 Å². The molecule has 0 fully saturated rings. The number of carbonyl (C=O) groups is 2. The third kappa shape index (κ3) is 8.24. The summed E-state index contributed by atoms with van der Waals surface area (Å²) in [4.78, 5) is 22.8. The molecule has 4 nitrogen and oxygen atoms in total. The third-order valence-corrected chi connectivity index (χ3v) is 3.25. The van der Waals surface area contributed by atoms with Crippen molar-refractivity contribution < 1.29 is 40.6 Å². The van der Waals surface area contributed by atoms with E-state index in [1.807, 2.05) is 0 Å². The van der Waals surface area contributed by atoms with Crippen LogP contribution >= 0.6 is 0 Å². The summed E-state index contributed by atoms with van der Waals surface area (Å²) >= 11 is 0. The fourth-order valence-electron chi connectivity index (χ4n) is 2.00. The standard InChI is InChI=1S/C16H24N2O2.Na.H/c1-2-3-4-5-6-7-12-18-16(20)14-10-8-13(9-11-14)15(17)19;;/h8-11H,2-7,12H2,1H3,(H2,17,19)(H,18,20);;/q;+1;-1. The predicted octanol–water partition coefficient (Wildman–Crippen LogP) is -0.00770. The second-order valence-corrected chi connectivity index (χ2v) is 4.97. The second kappa shape index (κ2) is 11.8. The van der Waals surface area contributed by atoms with Gasteiger partial charge in [0.25, 0.3) is 5.91 Å². The molecule has 1 aromatic rings. The predicted molar refractivity (Wildman–Crippen MR) is 81.8 cm³/mol. The van der Waals surface area contributed by atoms with Gasteiger partial charge in [-0.2, -0.15) is 0 Å². The maximum Gasteiger partial charge on any atom is 1.00 e. The van der Waals surface area contributed by atoms with Crippen LogP contribution in [0.4, 0.5) is 0 Å². The molecular formula is C16H25N2NaO2. The smallest absolute Gasteiger partial charge is 1.00 e. The minimum atomic E-state index is -0.482. The minimum Gasteiger partial charge on any atom is -1.00 e. The van der Waals surface area contributed by atoms with E-state index in [2.05, 4.69) is 12.2 Å². The number of primary amides is 1. The van der Waals surface area contributed by atoms with Gasteiger partial charge < -0.3 is 12.5 Å². The fraction of sp³-hybridized carbons (Fsp3) is 0.500. The molecule has 0 radical (unpaired) electrons. The Morgan fingerprint density at radius 1 is 1.00 bits per heavy atom. The van der Waals surface area contributed by atoms with Gasteiger partial charge >= 0.3 is 29.6 Å². The first-order valence-electron chi connectivity index (χ1n) is 7.33. The van der Waals surface area contributed by atoms with Crippen LogP contribution in [0, 0.1) is 0 Å². The Morgan fingerprint density at radius 2 is 1.52 bits per heavy atom. The maximum absolute atomic E-state index is 11.8. The van der Waals surface area contributed by atoms with Crippen LogP contribution in [-0.2, 0) is 0 Å². The van der Waals surface area contributed by atoms with Gasteiger partial charge in [0.15, 0.2) is 0 Å². The van der Waals surface area contributed by atoms with Crippen LogP contribution in [0.15, 0.2) is 24.3 Å². The number of hydrogen-bond donors (Lipinski definition) is 2. The number of benzene rings is 1.